The maximum absolute atomic E-state index is 12.1. The topological polar surface area (TPSA) is 126 Å². The number of rotatable bonds is 6. The SMILES string of the molecule is CN(c1ccccc1)c1ncnc(NNC(=O)c2ccncc2)c1[N+](=O)[O-]. The van der Waals surface area contributed by atoms with E-state index in [1.165, 1.54) is 30.9 Å². The van der Waals surface area contributed by atoms with Crippen molar-refractivity contribution < 1.29 is 9.72 Å². The molecule has 0 spiro atoms. The molecule has 3 aromatic rings. The maximum Gasteiger partial charge on any atom is 0.355 e. The summed E-state index contributed by atoms with van der Waals surface area (Å²) in [6.07, 6.45) is 4.12. The maximum atomic E-state index is 12.1. The number of nitrogens with zero attached hydrogens (tertiary/aromatic N) is 5. The van der Waals surface area contributed by atoms with Gasteiger partial charge in [0.05, 0.1) is 4.92 Å². The first-order valence-corrected chi connectivity index (χ1v) is 7.82. The monoisotopic (exact) mass is 365 g/mol. The summed E-state index contributed by atoms with van der Waals surface area (Å²) in [6.45, 7) is 0. The molecule has 1 aromatic carbocycles. The summed E-state index contributed by atoms with van der Waals surface area (Å²) in [6, 6.07) is 12.1. The number of nitrogens with one attached hydrogen (secondary N) is 2. The van der Waals surface area contributed by atoms with Crippen molar-refractivity contribution in [3.05, 3.63) is 76.9 Å². The Bertz CT molecular complexity index is 951. The third-order valence-electron chi connectivity index (χ3n) is 3.68. The molecule has 1 amide bonds. The molecule has 0 aliphatic heterocycles. The average molecular weight is 365 g/mol. The van der Waals surface area contributed by atoms with Crippen LogP contribution in [0.5, 0.6) is 0 Å². The van der Waals surface area contributed by atoms with Crippen LogP contribution in [0.25, 0.3) is 0 Å². The van der Waals surface area contributed by atoms with Gasteiger partial charge in [-0.05, 0) is 24.3 Å². The molecule has 10 heteroatoms. The van der Waals surface area contributed by atoms with E-state index in [2.05, 4.69) is 25.8 Å². The van der Waals surface area contributed by atoms with Gasteiger partial charge in [0.15, 0.2) is 0 Å². The number of anilines is 3. The van der Waals surface area contributed by atoms with Gasteiger partial charge in [-0.3, -0.25) is 30.7 Å². The van der Waals surface area contributed by atoms with Gasteiger partial charge in [0, 0.05) is 30.7 Å². The molecule has 0 saturated heterocycles. The molecule has 0 aliphatic rings. The van der Waals surface area contributed by atoms with Crippen molar-refractivity contribution in [2.24, 2.45) is 0 Å². The van der Waals surface area contributed by atoms with Crippen LogP contribution in [0.2, 0.25) is 0 Å². The molecule has 136 valence electrons. The number of pyridine rings is 1. The van der Waals surface area contributed by atoms with Gasteiger partial charge in [-0.25, -0.2) is 9.97 Å². The molecule has 2 heterocycles. The summed E-state index contributed by atoms with van der Waals surface area (Å²) in [5.74, 6) is -0.527. The van der Waals surface area contributed by atoms with Crippen molar-refractivity contribution in [2.75, 3.05) is 17.4 Å². The highest BCUT2D eigenvalue weighted by atomic mass is 16.6. The summed E-state index contributed by atoms with van der Waals surface area (Å²) in [5, 5.41) is 11.6. The molecule has 0 saturated carbocycles. The first-order chi connectivity index (χ1) is 13.1. The molecule has 2 N–H and O–H groups in total. The fourth-order valence-corrected chi connectivity index (χ4v) is 2.34. The van der Waals surface area contributed by atoms with Crippen molar-refractivity contribution in [3.63, 3.8) is 0 Å². The molecule has 0 radical (unpaired) electrons. The van der Waals surface area contributed by atoms with Crippen molar-refractivity contribution in [1.82, 2.24) is 20.4 Å². The van der Waals surface area contributed by atoms with Crippen LogP contribution in [0.15, 0.2) is 61.2 Å². The van der Waals surface area contributed by atoms with E-state index in [1.54, 1.807) is 24.1 Å². The highest BCUT2D eigenvalue weighted by Gasteiger charge is 2.26. The lowest BCUT2D eigenvalue weighted by Gasteiger charge is -2.18. The molecule has 0 atom stereocenters. The van der Waals surface area contributed by atoms with Crippen LogP contribution < -0.4 is 15.8 Å². The number of carbonyl (C=O) groups is 1. The van der Waals surface area contributed by atoms with Crippen LogP contribution in [-0.4, -0.2) is 32.8 Å². The minimum Gasteiger partial charge on any atom is -0.324 e. The zero-order chi connectivity index (χ0) is 19.2. The third-order valence-corrected chi connectivity index (χ3v) is 3.68. The first kappa shape index (κ1) is 17.7. The lowest BCUT2D eigenvalue weighted by atomic mass is 10.2. The van der Waals surface area contributed by atoms with Gasteiger partial charge in [-0.1, -0.05) is 18.2 Å². The fourth-order valence-electron chi connectivity index (χ4n) is 2.34. The molecule has 0 bridgehead atoms. The smallest absolute Gasteiger partial charge is 0.324 e. The van der Waals surface area contributed by atoms with Gasteiger partial charge in [0.1, 0.15) is 6.33 Å². The van der Waals surface area contributed by atoms with E-state index in [0.29, 0.717) is 11.3 Å². The number of para-hydroxylation sites is 1. The molecule has 0 fully saturated rings. The Morgan fingerprint density at radius 1 is 1.11 bits per heavy atom. The van der Waals surface area contributed by atoms with Crippen LogP contribution in [0.4, 0.5) is 23.0 Å². The Balaban J connectivity index is 1.88. The predicted molar refractivity (Wildman–Crippen MR) is 98.5 cm³/mol. The minimum absolute atomic E-state index is 0.0851. The second-order valence-electron chi connectivity index (χ2n) is 5.36. The number of hydrogen-bond acceptors (Lipinski definition) is 8. The molecule has 3 rings (SSSR count). The van der Waals surface area contributed by atoms with Crippen LogP contribution in [-0.2, 0) is 0 Å². The van der Waals surface area contributed by atoms with Gasteiger partial charge in [-0.15, -0.1) is 0 Å². The number of aromatic nitrogens is 3. The van der Waals surface area contributed by atoms with Crippen molar-refractivity contribution in [2.45, 2.75) is 0 Å². The van der Waals surface area contributed by atoms with E-state index >= 15 is 0 Å². The van der Waals surface area contributed by atoms with Crippen LogP contribution >= 0.6 is 0 Å². The number of carbonyl (C=O) groups excluding carboxylic acids is 1. The Morgan fingerprint density at radius 2 is 1.81 bits per heavy atom. The lowest BCUT2D eigenvalue weighted by Crippen LogP contribution is -2.30. The van der Waals surface area contributed by atoms with Crippen molar-refractivity contribution in [1.29, 1.82) is 0 Å². The van der Waals surface area contributed by atoms with E-state index in [9.17, 15) is 14.9 Å². The van der Waals surface area contributed by atoms with Gasteiger partial charge in [0.2, 0.25) is 11.6 Å². The first-order valence-electron chi connectivity index (χ1n) is 7.82. The minimum atomic E-state index is -0.601. The quantitative estimate of drug-likeness (QED) is 0.503. The Kier molecular flexibility index (Phi) is 5.17. The zero-order valence-electron chi connectivity index (χ0n) is 14.2. The zero-order valence-corrected chi connectivity index (χ0v) is 14.2. The average Bonchev–Trinajstić information content (AvgIpc) is 2.72. The lowest BCUT2D eigenvalue weighted by molar-refractivity contribution is -0.383. The Labute approximate surface area is 154 Å². The molecule has 10 nitrogen and oxygen atoms in total. The van der Waals surface area contributed by atoms with Gasteiger partial charge >= 0.3 is 5.69 Å². The Hall–Kier alpha value is -4.08. The van der Waals surface area contributed by atoms with E-state index < -0.39 is 10.8 Å². The molecule has 0 aliphatic carbocycles. The normalized spacial score (nSPS) is 10.1. The largest absolute Gasteiger partial charge is 0.355 e. The summed E-state index contributed by atoms with van der Waals surface area (Å²) in [5.41, 5.74) is 5.58. The number of nitro groups is 1. The highest BCUT2D eigenvalue weighted by Crippen LogP contribution is 2.34. The standard InChI is InChI=1S/C17H15N7O3/c1-23(13-5-3-2-4-6-13)16-14(24(26)27)15(19-11-20-16)21-22-17(25)12-7-9-18-10-8-12/h2-11H,1H3,(H,22,25)(H,19,20,21). The summed E-state index contributed by atoms with van der Waals surface area (Å²) in [7, 11) is 1.66. The van der Waals surface area contributed by atoms with Crippen LogP contribution in [0, 0.1) is 10.1 Å². The summed E-state index contributed by atoms with van der Waals surface area (Å²) >= 11 is 0. The third kappa shape index (κ3) is 3.95. The molecular formula is C17H15N7O3. The summed E-state index contributed by atoms with van der Waals surface area (Å²) in [4.78, 5) is 36.5. The van der Waals surface area contributed by atoms with Gasteiger partial charge in [0.25, 0.3) is 5.91 Å². The van der Waals surface area contributed by atoms with E-state index in [-0.39, 0.29) is 17.3 Å². The van der Waals surface area contributed by atoms with Crippen molar-refractivity contribution >= 4 is 28.9 Å². The van der Waals surface area contributed by atoms with Crippen molar-refractivity contribution in [3.8, 4) is 0 Å². The van der Waals surface area contributed by atoms with Crippen LogP contribution in [0.1, 0.15) is 10.4 Å². The Morgan fingerprint density at radius 3 is 2.48 bits per heavy atom. The molecular weight excluding hydrogens is 350 g/mol. The van der Waals surface area contributed by atoms with Crippen LogP contribution in [0.3, 0.4) is 0 Å². The number of hydrogen-bond donors (Lipinski definition) is 2. The van der Waals surface area contributed by atoms with E-state index in [0.717, 1.165) is 0 Å². The molecule has 0 unspecified atom stereocenters. The van der Waals surface area contributed by atoms with E-state index in [4.69, 9.17) is 0 Å². The second-order valence-corrected chi connectivity index (χ2v) is 5.36. The number of hydrazine groups is 1. The van der Waals surface area contributed by atoms with Gasteiger partial charge in [-0.2, -0.15) is 0 Å². The summed E-state index contributed by atoms with van der Waals surface area (Å²) < 4.78 is 0. The van der Waals surface area contributed by atoms with Gasteiger partial charge < -0.3 is 4.90 Å². The molecule has 2 aromatic heterocycles. The second kappa shape index (κ2) is 7.87. The fraction of sp³-hybridized carbons (Fsp3) is 0.0588. The molecule has 27 heavy (non-hydrogen) atoms. The number of amides is 1. The predicted octanol–water partition coefficient (Wildman–Crippen LogP) is 2.30. The number of benzene rings is 1. The highest BCUT2D eigenvalue weighted by molar-refractivity contribution is 5.95. The van der Waals surface area contributed by atoms with E-state index in [1.807, 2.05) is 18.2 Å².